The number of carbonyl (C=O) groups excluding carboxylic acids is 2. The Kier molecular flexibility index (Phi) is 3.55. The first kappa shape index (κ1) is 15.4. The monoisotopic (exact) mass is 314 g/mol. The summed E-state index contributed by atoms with van der Waals surface area (Å²) >= 11 is 0. The maximum atomic E-state index is 12.6. The van der Waals surface area contributed by atoms with Gasteiger partial charge in [0.15, 0.2) is 5.78 Å². The van der Waals surface area contributed by atoms with Crippen LogP contribution in [-0.2, 0) is 9.59 Å². The van der Waals surface area contributed by atoms with Gasteiger partial charge in [0.05, 0.1) is 4.92 Å². The van der Waals surface area contributed by atoms with E-state index in [1.54, 1.807) is 18.2 Å². The fourth-order valence-corrected chi connectivity index (χ4v) is 3.57. The zero-order valence-electron chi connectivity index (χ0n) is 13.1. The number of nitro groups is 1. The molecule has 0 aromatic heterocycles. The Bertz CT molecular complexity index is 749. The molecule has 1 N–H and O–H groups in total. The minimum Gasteiger partial charge on any atom is -0.329 e. The lowest BCUT2D eigenvalue weighted by atomic mass is 9.69. The highest BCUT2D eigenvalue weighted by Crippen LogP contribution is 2.45. The van der Waals surface area contributed by atoms with Crippen molar-refractivity contribution >= 4 is 17.4 Å². The Morgan fingerprint density at radius 1 is 1.22 bits per heavy atom. The number of rotatable bonds is 2. The number of para-hydroxylation sites is 1. The van der Waals surface area contributed by atoms with E-state index in [-0.39, 0.29) is 29.2 Å². The molecule has 1 aliphatic carbocycles. The zero-order chi connectivity index (χ0) is 16.8. The Balaban J connectivity index is 2.14. The number of hydrogen-bond donors (Lipinski definition) is 1. The van der Waals surface area contributed by atoms with Crippen LogP contribution in [-0.4, -0.2) is 16.6 Å². The first-order valence-electron chi connectivity index (χ1n) is 7.58. The number of amides is 1. The van der Waals surface area contributed by atoms with Crippen LogP contribution in [0.5, 0.6) is 0 Å². The first-order chi connectivity index (χ1) is 10.8. The quantitative estimate of drug-likeness (QED) is 0.671. The molecule has 2 aliphatic rings. The molecule has 1 aromatic carbocycles. The number of allylic oxidation sites excluding steroid dienone is 2. The molecule has 1 aromatic rings. The van der Waals surface area contributed by atoms with Crippen molar-refractivity contribution in [3.63, 3.8) is 0 Å². The van der Waals surface area contributed by atoms with Crippen molar-refractivity contribution in [2.24, 2.45) is 5.41 Å². The van der Waals surface area contributed by atoms with Crippen molar-refractivity contribution in [1.82, 2.24) is 5.32 Å². The van der Waals surface area contributed by atoms with Crippen molar-refractivity contribution in [3.8, 4) is 0 Å². The average Bonchev–Trinajstić information content (AvgIpc) is 2.44. The van der Waals surface area contributed by atoms with E-state index < -0.39 is 10.8 Å². The second kappa shape index (κ2) is 5.30. The molecule has 3 rings (SSSR count). The molecule has 0 radical (unpaired) electrons. The average molecular weight is 314 g/mol. The van der Waals surface area contributed by atoms with Crippen LogP contribution < -0.4 is 5.32 Å². The molecule has 1 aliphatic heterocycles. The maximum Gasteiger partial charge on any atom is 0.273 e. The first-order valence-corrected chi connectivity index (χ1v) is 7.58. The van der Waals surface area contributed by atoms with Crippen LogP contribution in [0.2, 0.25) is 0 Å². The van der Waals surface area contributed by atoms with Crippen LogP contribution in [0.15, 0.2) is 35.5 Å². The number of nitrogens with one attached hydrogen (secondary N) is 1. The molecule has 0 saturated heterocycles. The highest BCUT2D eigenvalue weighted by atomic mass is 16.6. The molecule has 0 fully saturated rings. The van der Waals surface area contributed by atoms with E-state index >= 15 is 0 Å². The molecular weight excluding hydrogens is 296 g/mol. The molecule has 6 heteroatoms. The topological polar surface area (TPSA) is 89.3 Å². The Morgan fingerprint density at radius 3 is 2.61 bits per heavy atom. The Hall–Kier alpha value is -2.50. The van der Waals surface area contributed by atoms with E-state index in [1.165, 1.54) is 6.07 Å². The second-order valence-electron chi connectivity index (χ2n) is 6.95. The summed E-state index contributed by atoms with van der Waals surface area (Å²) in [5, 5.41) is 14.1. The lowest BCUT2D eigenvalue weighted by Crippen LogP contribution is -2.40. The van der Waals surface area contributed by atoms with Gasteiger partial charge < -0.3 is 5.32 Å². The number of nitro benzene ring substituents is 1. The van der Waals surface area contributed by atoms with Gasteiger partial charge in [-0.15, -0.1) is 0 Å². The summed E-state index contributed by atoms with van der Waals surface area (Å²) in [6.45, 7) is 3.96. The fourth-order valence-electron chi connectivity index (χ4n) is 3.57. The van der Waals surface area contributed by atoms with Crippen LogP contribution in [0.25, 0.3) is 0 Å². The third-order valence-corrected chi connectivity index (χ3v) is 4.46. The minimum atomic E-state index is -0.538. The molecule has 1 amide bonds. The van der Waals surface area contributed by atoms with Crippen LogP contribution in [0.1, 0.15) is 44.6 Å². The summed E-state index contributed by atoms with van der Waals surface area (Å²) < 4.78 is 0. The fraction of sp³-hybridized carbons (Fsp3) is 0.412. The van der Waals surface area contributed by atoms with Gasteiger partial charge in [0.2, 0.25) is 5.91 Å². The molecule has 1 heterocycles. The van der Waals surface area contributed by atoms with Crippen molar-refractivity contribution in [2.75, 3.05) is 0 Å². The predicted octanol–water partition coefficient (Wildman–Crippen LogP) is 2.84. The van der Waals surface area contributed by atoms with Crippen molar-refractivity contribution in [1.29, 1.82) is 0 Å². The van der Waals surface area contributed by atoms with Gasteiger partial charge in [-0.25, -0.2) is 0 Å². The summed E-state index contributed by atoms with van der Waals surface area (Å²) in [5.41, 5.74) is 1.35. The van der Waals surface area contributed by atoms with Gasteiger partial charge >= 0.3 is 0 Å². The number of ketones is 1. The number of nitrogens with zero attached hydrogens (tertiary/aromatic N) is 1. The van der Waals surface area contributed by atoms with E-state index in [9.17, 15) is 19.7 Å². The second-order valence-corrected chi connectivity index (χ2v) is 6.95. The highest BCUT2D eigenvalue weighted by Gasteiger charge is 2.42. The van der Waals surface area contributed by atoms with Gasteiger partial charge in [-0.3, -0.25) is 19.7 Å². The van der Waals surface area contributed by atoms with E-state index in [2.05, 4.69) is 5.32 Å². The third kappa shape index (κ3) is 2.76. The van der Waals surface area contributed by atoms with Gasteiger partial charge in [-0.05, 0) is 11.8 Å². The van der Waals surface area contributed by atoms with Gasteiger partial charge in [-0.2, -0.15) is 0 Å². The summed E-state index contributed by atoms with van der Waals surface area (Å²) in [7, 11) is 0. The third-order valence-electron chi connectivity index (χ3n) is 4.46. The van der Waals surface area contributed by atoms with Gasteiger partial charge in [0.25, 0.3) is 5.69 Å². The molecule has 23 heavy (non-hydrogen) atoms. The standard InChI is InChI=1S/C17H18N2O4/c1-17(2)8-12-16(14(20)9-17)11(7-15(21)18-12)10-5-3-4-6-13(10)19(22)23/h3-6,11H,7-9H2,1-2H3,(H,18,21)/t11-/m1/s1. The molecule has 120 valence electrons. The summed E-state index contributed by atoms with van der Waals surface area (Å²) in [6, 6.07) is 6.34. The SMILES string of the molecule is CC1(C)CC(=O)C2=C(C1)NC(=O)C[C@@H]2c1ccccc1[N+](=O)[O-]. The van der Waals surface area contributed by atoms with Gasteiger partial charge in [0.1, 0.15) is 0 Å². The lowest BCUT2D eigenvalue weighted by Gasteiger charge is -2.37. The Labute approximate surface area is 133 Å². The maximum absolute atomic E-state index is 12.6. The number of Topliss-reactive ketones (excluding diaryl/α,β-unsaturated/α-hetero) is 1. The number of hydrogen-bond acceptors (Lipinski definition) is 4. The minimum absolute atomic E-state index is 0.0283. The van der Waals surface area contributed by atoms with Crippen molar-refractivity contribution < 1.29 is 14.5 Å². The predicted molar refractivity (Wildman–Crippen MR) is 83.6 cm³/mol. The largest absolute Gasteiger partial charge is 0.329 e. The van der Waals surface area contributed by atoms with Crippen LogP contribution in [0, 0.1) is 15.5 Å². The lowest BCUT2D eigenvalue weighted by molar-refractivity contribution is -0.385. The summed E-state index contributed by atoms with van der Waals surface area (Å²) in [6.07, 6.45) is 1.05. The molecule has 0 spiro atoms. The van der Waals surface area contributed by atoms with Crippen LogP contribution in [0.3, 0.4) is 0 Å². The summed E-state index contributed by atoms with van der Waals surface area (Å²) in [5.74, 6) is -0.763. The molecule has 6 nitrogen and oxygen atoms in total. The van der Waals surface area contributed by atoms with Crippen LogP contribution in [0.4, 0.5) is 5.69 Å². The van der Waals surface area contributed by atoms with Gasteiger partial charge in [-0.1, -0.05) is 32.0 Å². The molecule has 0 saturated carbocycles. The molecule has 1 atom stereocenters. The smallest absolute Gasteiger partial charge is 0.273 e. The molecule has 0 unspecified atom stereocenters. The van der Waals surface area contributed by atoms with E-state index in [4.69, 9.17) is 0 Å². The number of benzene rings is 1. The number of carbonyl (C=O) groups is 2. The highest BCUT2D eigenvalue weighted by molar-refractivity contribution is 6.02. The molecule has 0 bridgehead atoms. The van der Waals surface area contributed by atoms with E-state index in [0.717, 1.165) is 0 Å². The molecular formula is C17H18N2O4. The zero-order valence-corrected chi connectivity index (χ0v) is 13.1. The summed E-state index contributed by atoms with van der Waals surface area (Å²) in [4.78, 5) is 35.5. The van der Waals surface area contributed by atoms with E-state index in [0.29, 0.717) is 29.7 Å². The Morgan fingerprint density at radius 2 is 1.91 bits per heavy atom. The van der Waals surface area contributed by atoms with Gasteiger partial charge in [0, 0.05) is 41.7 Å². The van der Waals surface area contributed by atoms with Crippen molar-refractivity contribution in [2.45, 2.75) is 39.0 Å². The van der Waals surface area contributed by atoms with Crippen molar-refractivity contribution in [3.05, 3.63) is 51.2 Å². The normalized spacial score (nSPS) is 23.3. The van der Waals surface area contributed by atoms with E-state index in [1.807, 2.05) is 13.8 Å². The van der Waals surface area contributed by atoms with Crippen LogP contribution >= 0.6 is 0 Å².